The lowest BCUT2D eigenvalue weighted by atomic mass is 10.1. The van der Waals surface area contributed by atoms with Gasteiger partial charge in [-0.1, -0.05) is 28.1 Å². The van der Waals surface area contributed by atoms with Gasteiger partial charge in [0.2, 0.25) is 0 Å². The van der Waals surface area contributed by atoms with Crippen LogP contribution in [0.15, 0.2) is 57.4 Å². The molecule has 1 aromatic heterocycles. The molecule has 6 heteroatoms. The summed E-state index contributed by atoms with van der Waals surface area (Å²) in [5.41, 5.74) is 1.78. The topological polar surface area (TPSA) is 36.7 Å². The molecule has 4 rings (SSSR count). The first-order chi connectivity index (χ1) is 13.4. The average Bonchev–Trinajstić information content (AvgIpc) is 3.09. The third kappa shape index (κ3) is 3.84. The molecule has 0 bridgehead atoms. The van der Waals surface area contributed by atoms with Gasteiger partial charge in [0.1, 0.15) is 11.4 Å². The van der Waals surface area contributed by atoms with Gasteiger partial charge in [-0.2, -0.15) is 0 Å². The van der Waals surface area contributed by atoms with Crippen LogP contribution < -0.4 is 0 Å². The third-order valence-electron chi connectivity index (χ3n) is 5.36. The first kappa shape index (κ1) is 19.2. The lowest BCUT2D eigenvalue weighted by molar-refractivity contribution is 0.0269. The highest BCUT2D eigenvalue weighted by molar-refractivity contribution is 9.10. The van der Waals surface area contributed by atoms with E-state index in [0.717, 1.165) is 28.5 Å². The van der Waals surface area contributed by atoms with Gasteiger partial charge in [-0.15, -0.1) is 0 Å². The Kier molecular flexibility index (Phi) is 5.25. The Bertz CT molecular complexity index is 1000. The number of piperazine rings is 1. The van der Waals surface area contributed by atoms with E-state index < -0.39 is 0 Å². The van der Waals surface area contributed by atoms with Gasteiger partial charge in [0.15, 0.2) is 5.76 Å². The average molecular weight is 445 g/mol. The molecule has 1 fully saturated rings. The van der Waals surface area contributed by atoms with E-state index in [1.54, 1.807) is 0 Å². The first-order valence-electron chi connectivity index (χ1n) is 9.39. The Hall–Kier alpha value is -2.18. The van der Waals surface area contributed by atoms with Crippen molar-refractivity contribution >= 4 is 32.8 Å². The number of fused-ring (bicyclic) bond motifs is 1. The van der Waals surface area contributed by atoms with E-state index in [1.807, 2.05) is 41.3 Å². The number of rotatable bonds is 3. The molecule has 0 N–H and O–H groups in total. The van der Waals surface area contributed by atoms with Crippen LogP contribution in [-0.2, 0) is 6.54 Å². The fourth-order valence-corrected chi connectivity index (χ4v) is 4.17. The molecule has 2 aromatic carbocycles. The van der Waals surface area contributed by atoms with Crippen LogP contribution in [0.1, 0.15) is 30.0 Å². The fourth-order valence-electron chi connectivity index (χ4n) is 3.79. The second-order valence-electron chi connectivity index (χ2n) is 7.50. The molecule has 0 saturated carbocycles. The van der Waals surface area contributed by atoms with Crippen molar-refractivity contribution in [2.75, 3.05) is 13.1 Å². The van der Waals surface area contributed by atoms with E-state index in [4.69, 9.17) is 4.42 Å². The van der Waals surface area contributed by atoms with Crippen molar-refractivity contribution in [3.05, 3.63) is 70.1 Å². The molecule has 1 amide bonds. The standard InChI is InChI=1S/C22H22BrFN2O2/c1-14-12-26(15(2)11-25(14)13-16-3-6-19(24)7-4-16)22(27)21-10-17-9-18(23)5-8-20(17)28-21/h3-10,14-15H,11-13H2,1-2H3/t14-,15+/m0/s1. The second-order valence-corrected chi connectivity index (χ2v) is 8.42. The van der Waals surface area contributed by atoms with Crippen LogP contribution in [0.5, 0.6) is 0 Å². The van der Waals surface area contributed by atoms with Crippen LogP contribution in [0.4, 0.5) is 4.39 Å². The molecular weight excluding hydrogens is 423 g/mol. The minimum Gasteiger partial charge on any atom is -0.451 e. The predicted molar refractivity (Wildman–Crippen MR) is 111 cm³/mol. The molecule has 28 heavy (non-hydrogen) atoms. The van der Waals surface area contributed by atoms with E-state index in [-0.39, 0.29) is 23.8 Å². The van der Waals surface area contributed by atoms with Crippen molar-refractivity contribution in [2.45, 2.75) is 32.5 Å². The van der Waals surface area contributed by atoms with Gasteiger partial charge in [-0.3, -0.25) is 9.69 Å². The van der Waals surface area contributed by atoms with Crippen molar-refractivity contribution in [3.8, 4) is 0 Å². The lowest BCUT2D eigenvalue weighted by Gasteiger charge is -2.43. The Morgan fingerprint density at radius 3 is 2.61 bits per heavy atom. The Labute approximate surface area is 172 Å². The summed E-state index contributed by atoms with van der Waals surface area (Å²) in [6, 6.07) is 14.4. The number of benzene rings is 2. The maximum atomic E-state index is 13.1. The summed E-state index contributed by atoms with van der Waals surface area (Å²) >= 11 is 3.45. The highest BCUT2D eigenvalue weighted by Gasteiger charge is 2.33. The van der Waals surface area contributed by atoms with Crippen molar-refractivity contribution in [1.82, 2.24) is 9.80 Å². The molecule has 3 aromatic rings. The maximum Gasteiger partial charge on any atom is 0.289 e. The fraction of sp³-hybridized carbons (Fsp3) is 0.318. The van der Waals surface area contributed by atoms with Crippen molar-refractivity contribution in [1.29, 1.82) is 0 Å². The molecule has 2 atom stereocenters. The number of nitrogens with zero attached hydrogens (tertiary/aromatic N) is 2. The molecular formula is C22H22BrFN2O2. The van der Waals surface area contributed by atoms with E-state index in [9.17, 15) is 9.18 Å². The van der Waals surface area contributed by atoms with E-state index in [0.29, 0.717) is 17.9 Å². The molecule has 0 spiro atoms. The first-order valence-corrected chi connectivity index (χ1v) is 10.2. The number of halogens is 2. The van der Waals surface area contributed by atoms with Crippen LogP contribution in [-0.4, -0.2) is 40.9 Å². The summed E-state index contributed by atoms with van der Waals surface area (Å²) in [6.45, 7) is 6.30. The van der Waals surface area contributed by atoms with Crippen LogP contribution in [0.2, 0.25) is 0 Å². The number of hydrogen-bond acceptors (Lipinski definition) is 3. The van der Waals surface area contributed by atoms with Crippen LogP contribution >= 0.6 is 15.9 Å². The van der Waals surface area contributed by atoms with Gasteiger partial charge in [0.25, 0.3) is 5.91 Å². The molecule has 2 heterocycles. The highest BCUT2D eigenvalue weighted by atomic mass is 79.9. The SMILES string of the molecule is C[C@@H]1CN(Cc2ccc(F)cc2)[C@@H](C)CN1C(=O)c1cc2cc(Br)ccc2o1. The van der Waals surface area contributed by atoms with E-state index in [1.165, 1.54) is 12.1 Å². The Balaban J connectivity index is 1.48. The van der Waals surface area contributed by atoms with Gasteiger partial charge in [0.05, 0.1) is 0 Å². The number of hydrogen-bond donors (Lipinski definition) is 0. The molecule has 1 saturated heterocycles. The number of amides is 1. The van der Waals surface area contributed by atoms with Gasteiger partial charge >= 0.3 is 0 Å². The van der Waals surface area contributed by atoms with Crippen LogP contribution in [0, 0.1) is 5.82 Å². The minimum atomic E-state index is -0.224. The number of furan rings is 1. The zero-order valence-electron chi connectivity index (χ0n) is 15.9. The highest BCUT2D eigenvalue weighted by Crippen LogP contribution is 2.26. The van der Waals surface area contributed by atoms with Gasteiger partial charge in [0, 0.05) is 41.6 Å². The normalized spacial score (nSPS) is 20.6. The van der Waals surface area contributed by atoms with E-state index in [2.05, 4.69) is 34.7 Å². The van der Waals surface area contributed by atoms with Crippen molar-refractivity contribution < 1.29 is 13.6 Å². The monoisotopic (exact) mass is 444 g/mol. The molecule has 0 unspecified atom stereocenters. The van der Waals surface area contributed by atoms with Crippen molar-refractivity contribution in [2.24, 2.45) is 0 Å². The summed E-state index contributed by atoms with van der Waals surface area (Å²) < 4.78 is 19.9. The molecule has 146 valence electrons. The molecule has 1 aliphatic rings. The predicted octanol–water partition coefficient (Wildman–Crippen LogP) is 5.07. The summed E-state index contributed by atoms with van der Waals surface area (Å²) in [6.07, 6.45) is 0. The van der Waals surface area contributed by atoms with E-state index >= 15 is 0 Å². The second kappa shape index (κ2) is 7.68. The molecule has 0 aliphatic carbocycles. The van der Waals surface area contributed by atoms with Crippen LogP contribution in [0.3, 0.4) is 0 Å². The van der Waals surface area contributed by atoms with Gasteiger partial charge in [-0.25, -0.2) is 4.39 Å². The zero-order chi connectivity index (χ0) is 19.8. The van der Waals surface area contributed by atoms with Gasteiger partial charge in [-0.05, 0) is 55.8 Å². The smallest absolute Gasteiger partial charge is 0.289 e. The van der Waals surface area contributed by atoms with Gasteiger partial charge < -0.3 is 9.32 Å². The molecule has 4 nitrogen and oxygen atoms in total. The van der Waals surface area contributed by atoms with Crippen LogP contribution in [0.25, 0.3) is 11.0 Å². The largest absolute Gasteiger partial charge is 0.451 e. The number of carbonyl (C=O) groups is 1. The summed E-state index contributed by atoms with van der Waals surface area (Å²) in [5.74, 6) is 0.0747. The Morgan fingerprint density at radius 1 is 1.11 bits per heavy atom. The van der Waals surface area contributed by atoms with Crippen molar-refractivity contribution in [3.63, 3.8) is 0 Å². The zero-order valence-corrected chi connectivity index (χ0v) is 17.4. The summed E-state index contributed by atoms with van der Waals surface area (Å²) in [4.78, 5) is 17.3. The lowest BCUT2D eigenvalue weighted by Crippen LogP contribution is -2.57. The number of carbonyl (C=O) groups excluding carboxylic acids is 1. The summed E-state index contributed by atoms with van der Waals surface area (Å²) in [5, 5.41) is 0.911. The molecule has 0 radical (unpaired) electrons. The quantitative estimate of drug-likeness (QED) is 0.565. The molecule has 1 aliphatic heterocycles. The minimum absolute atomic E-state index is 0.0593. The summed E-state index contributed by atoms with van der Waals surface area (Å²) in [7, 11) is 0. The third-order valence-corrected chi connectivity index (χ3v) is 5.86. The Morgan fingerprint density at radius 2 is 1.86 bits per heavy atom. The maximum absolute atomic E-state index is 13.1.